The molecule has 1 saturated heterocycles. The fourth-order valence-electron chi connectivity index (χ4n) is 1.54. The van der Waals surface area contributed by atoms with Crippen molar-refractivity contribution in [1.29, 1.82) is 0 Å². The third kappa shape index (κ3) is 1.59. The van der Waals surface area contributed by atoms with Crippen molar-refractivity contribution in [2.75, 3.05) is 6.61 Å². The first-order valence-electron chi connectivity index (χ1n) is 4.49. The first kappa shape index (κ1) is 11.1. The molecular weight excluding hydrogens is 224 g/mol. The number of nitrogens with one attached hydrogen (secondary N) is 1. The van der Waals surface area contributed by atoms with Crippen LogP contribution in [0.3, 0.4) is 0 Å². The molecule has 0 radical (unpaired) electrons. The fourth-order valence-corrected chi connectivity index (χ4v) is 1.54. The topological polar surface area (TPSA) is 138 Å². The number of hydrogen-bond acceptors (Lipinski definition) is 7. The van der Waals surface area contributed by atoms with Gasteiger partial charge < -0.3 is 24.6 Å². The Kier molecular flexibility index (Phi) is 2.68. The molecule has 2 heterocycles. The van der Waals surface area contributed by atoms with Crippen LogP contribution in [0, 0.1) is 0 Å². The molecular formula is C7H10N2O7. The molecule has 90 valence electrons. The average molecular weight is 234 g/mol. The number of ether oxygens (including phenoxy) is 1. The summed E-state index contributed by atoms with van der Waals surface area (Å²) in [5.41, 5.74) is -0.903. The summed E-state index contributed by atoms with van der Waals surface area (Å²) in [5, 5.41) is 27.7. The predicted octanol–water partition coefficient (Wildman–Crippen LogP) is -3.26. The molecule has 1 aliphatic heterocycles. The monoisotopic (exact) mass is 234 g/mol. The lowest BCUT2D eigenvalue weighted by Gasteiger charge is -2.11. The molecule has 0 unspecified atom stereocenters. The van der Waals surface area contributed by atoms with Gasteiger partial charge in [0, 0.05) is 0 Å². The first-order chi connectivity index (χ1) is 7.54. The van der Waals surface area contributed by atoms with E-state index in [1.54, 1.807) is 4.98 Å². The van der Waals surface area contributed by atoms with Gasteiger partial charge in [-0.15, -0.1) is 4.74 Å². The van der Waals surface area contributed by atoms with E-state index >= 15 is 0 Å². The van der Waals surface area contributed by atoms with E-state index in [2.05, 4.69) is 4.52 Å². The number of rotatable bonds is 2. The Hall–Kier alpha value is -1.42. The van der Waals surface area contributed by atoms with Gasteiger partial charge in [-0.3, -0.25) is 0 Å². The summed E-state index contributed by atoms with van der Waals surface area (Å²) in [5.74, 6) is -0.997. The summed E-state index contributed by atoms with van der Waals surface area (Å²) in [4.78, 5) is 23.7. The highest BCUT2D eigenvalue weighted by atomic mass is 16.6. The highest BCUT2D eigenvalue weighted by Crippen LogP contribution is 2.27. The molecule has 0 aromatic carbocycles. The van der Waals surface area contributed by atoms with Crippen LogP contribution in [0.5, 0.6) is 0 Å². The Morgan fingerprint density at radius 2 is 2.00 bits per heavy atom. The zero-order valence-electron chi connectivity index (χ0n) is 7.94. The Morgan fingerprint density at radius 3 is 2.44 bits per heavy atom. The third-order valence-corrected chi connectivity index (χ3v) is 2.34. The minimum Gasteiger partial charge on any atom is -0.394 e. The van der Waals surface area contributed by atoms with Crippen molar-refractivity contribution in [2.45, 2.75) is 24.5 Å². The molecule has 2 rings (SSSR count). The van der Waals surface area contributed by atoms with Gasteiger partial charge in [0.2, 0.25) is 0 Å². The van der Waals surface area contributed by atoms with E-state index in [1.165, 1.54) is 0 Å². The lowest BCUT2D eigenvalue weighted by molar-refractivity contribution is -0.0902. The van der Waals surface area contributed by atoms with Crippen LogP contribution >= 0.6 is 0 Å². The molecule has 9 nitrogen and oxygen atoms in total. The lowest BCUT2D eigenvalue weighted by atomic mass is 10.1. The van der Waals surface area contributed by atoms with Crippen molar-refractivity contribution in [3.05, 3.63) is 21.0 Å². The summed E-state index contributed by atoms with van der Waals surface area (Å²) < 4.78 is 9.88. The van der Waals surface area contributed by atoms with Gasteiger partial charge in [-0.1, -0.05) is 0 Å². The molecule has 0 aliphatic carbocycles. The smallest absolute Gasteiger partial charge is 0.394 e. The van der Waals surface area contributed by atoms with Gasteiger partial charge in [-0.2, -0.15) is 0 Å². The van der Waals surface area contributed by atoms with Crippen molar-refractivity contribution in [3.63, 3.8) is 0 Å². The van der Waals surface area contributed by atoms with Crippen LogP contribution in [-0.2, 0) is 4.74 Å². The molecule has 1 fully saturated rings. The van der Waals surface area contributed by atoms with Gasteiger partial charge in [0.05, 0.1) is 6.61 Å². The van der Waals surface area contributed by atoms with Gasteiger partial charge in [0.25, 0.3) is 0 Å². The maximum atomic E-state index is 11.2. The van der Waals surface area contributed by atoms with Gasteiger partial charge in [0.15, 0.2) is 6.23 Å². The second-order valence-electron chi connectivity index (χ2n) is 3.36. The Bertz CT molecular complexity index is 474. The number of nitrogens with zero attached hydrogens (tertiary/aromatic N) is 1. The minimum absolute atomic E-state index is 0.478. The summed E-state index contributed by atoms with van der Waals surface area (Å²) in [6.45, 7) is -0.530. The Morgan fingerprint density at radius 1 is 1.31 bits per heavy atom. The standard InChI is InChI=1S/C7H10N2O7/c10-1-2-3(11)4(12)5(15-2)9-6(13)8-7(14)16-9/h2-5,10-12H,1H2,(H,8,13,14)/t2-,3+,4-,5+/m0/s1. The van der Waals surface area contributed by atoms with Gasteiger partial charge in [-0.25, -0.2) is 14.6 Å². The van der Waals surface area contributed by atoms with Crippen LogP contribution in [0.25, 0.3) is 0 Å². The van der Waals surface area contributed by atoms with E-state index in [1.807, 2.05) is 0 Å². The maximum absolute atomic E-state index is 11.2. The SMILES string of the molecule is O=c1[nH]c(=O)n([C@@H]2O[C@@H](CO)[C@@H](O)[C@@H]2O)o1. The summed E-state index contributed by atoms with van der Waals surface area (Å²) in [6, 6.07) is 0. The summed E-state index contributed by atoms with van der Waals surface area (Å²) in [6.07, 6.45) is -5.19. The predicted molar refractivity (Wildman–Crippen MR) is 46.6 cm³/mol. The zero-order valence-corrected chi connectivity index (χ0v) is 7.94. The Balaban J connectivity index is 2.33. The molecule has 1 aromatic heterocycles. The third-order valence-electron chi connectivity index (χ3n) is 2.34. The lowest BCUT2D eigenvalue weighted by Crippen LogP contribution is -2.34. The van der Waals surface area contributed by atoms with E-state index in [-0.39, 0.29) is 0 Å². The van der Waals surface area contributed by atoms with Crippen molar-refractivity contribution < 1.29 is 24.6 Å². The Labute approximate surface area is 87.5 Å². The zero-order chi connectivity index (χ0) is 11.9. The van der Waals surface area contributed by atoms with Crippen LogP contribution in [-0.4, -0.2) is 50.0 Å². The van der Waals surface area contributed by atoms with Crippen LogP contribution in [0.2, 0.25) is 0 Å². The van der Waals surface area contributed by atoms with Gasteiger partial charge in [-0.05, 0) is 0 Å². The molecule has 0 bridgehead atoms. The van der Waals surface area contributed by atoms with Crippen LogP contribution in [0.15, 0.2) is 14.1 Å². The van der Waals surface area contributed by atoms with Crippen molar-refractivity contribution in [1.82, 2.24) is 9.72 Å². The van der Waals surface area contributed by atoms with E-state index in [0.29, 0.717) is 4.74 Å². The second-order valence-corrected chi connectivity index (χ2v) is 3.36. The van der Waals surface area contributed by atoms with Crippen molar-refractivity contribution >= 4 is 0 Å². The first-order valence-corrected chi connectivity index (χ1v) is 4.49. The molecule has 16 heavy (non-hydrogen) atoms. The van der Waals surface area contributed by atoms with Gasteiger partial charge in [0.1, 0.15) is 18.3 Å². The minimum atomic E-state index is -1.46. The van der Waals surface area contributed by atoms with E-state index in [9.17, 15) is 19.8 Å². The van der Waals surface area contributed by atoms with E-state index in [4.69, 9.17) is 9.84 Å². The van der Waals surface area contributed by atoms with E-state index in [0.717, 1.165) is 0 Å². The largest absolute Gasteiger partial charge is 0.440 e. The number of aliphatic hydroxyl groups excluding tert-OH is 3. The number of hydrogen-bond donors (Lipinski definition) is 4. The number of aromatic amines is 1. The van der Waals surface area contributed by atoms with Crippen molar-refractivity contribution in [2.24, 2.45) is 0 Å². The highest BCUT2D eigenvalue weighted by Gasteiger charge is 2.45. The summed E-state index contributed by atoms with van der Waals surface area (Å²) in [7, 11) is 0. The second kappa shape index (κ2) is 3.87. The fraction of sp³-hybridized carbons (Fsp3) is 0.714. The molecule has 0 spiro atoms. The van der Waals surface area contributed by atoms with E-state index < -0.39 is 42.6 Å². The molecule has 4 N–H and O–H groups in total. The quantitative estimate of drug-likeness (QED) is 0.421. The average Bonchev–Trinajstić information content (AvgIpc) is 2.70. The molecule has 0 saturated carbocycles. The van der Waals surface area contributed by atoms with Gasteiger partial charge >= 0.3 is 11.4 Å². The normalized spacial score (nSPS) is 34.4. The summed E-state index contributed by atoms with van der Waals surface area (Å²) >= 11 is 0. The highest BCUT2D eigenvalue weighted by molar-refractivity contribution is 4.87. The van der Waals surface area contributed by atoms with Crippen LogP contribution < -0.4 is 11.4 Å². The molecule has 1 aliphatic rings. The molecule has 4 atom stereocenters. The van der Waals surface area contributed by atoms with Crippen molar-refractivity contribution in [3.8, 4) is 0 Å². The maximum Gasteiger partial charge on any atom is 0.440 e. The van der Waals surface area contributed by atoms with Crippen LogP contribution in [0.1, 0.15) is 6.23 Å². The number of aliphatic hydroxyl groups is 3. The van der Waals surface area contributed by atoms with Crippen LogP contribution in [0.4, 0.5) is 0 Å². The molecule has 0 amide bonds. The molecule has 1 aromatic rings. The number of H-pyrrole nitrogens is 1. The number of aromatic nitrogens is 2. The molecule has 9 heteroatoms.